The first-order chi connectivity index (χ1) is 9.18. The number of nitrogens with zero attached hydrogens (tertiary/aromatic N) is 2. The van der Waals surface area contributed by atoms with Crippen molar-refractivity contribution in [3.8, 4) is 0 Å². The van der Waals surface area contributed by atoms with Crippen molar-refractivity contribution in [2.24, 2.45) is 0 Å². The van der Waals surface area contributed by atoms with E-state index in [2.05, 4.69) is 29.2 Å². The Hall–Kier alpha value is -0.710. The van der Waals surface area contributed by atoms with Crippen molar-refractivity contribution < 1.29 is 13.6 Å². The topological polar surface area (TPSA) is 42.0 Å². The van der Waals surface area contributed by atoms with E-state index >= 15 is 0 Å². The van der Waals surface area contributed by atoms with Crippen LogP contribution in [0.1, 0.15) is 5.56 Å². The molecular weight excluding hydrogens is 263 g/mol. The fraction of sp³-hybridized carbons (Fsp3) is 0.538. The molecule has 0 saturated carbocycles. The van der Waals surface area contributed by atoms with E-state index in [0.29, 0.717) is 13.1 Å². The van der Waals surface area contributed by atoms with Gasteiger partial charge in [-0.25, -0.2) is 9.24 Å². The summed E-state index contributed by atoms with van der Waals surface area (Å²) in [4.78, 5) is 2.35. The van der Waals surface area contributed by atoms with E-state index in [1.165, 1.54) is 19.8 Å². The highest BCUT2D eigenvalue weighted by atomic mass is 31.2. The molecule has 1 aromatic carbocycles. The summed E-state index contributed by atoms with van der Waals surface area (Å²) in [7, 11) is -0.197. The Bertz CT molecular complexity index is 425. The van der Waals surface area contributed by atoms with Crippen LogP contribution in [0, 0.1) is 0 Å². The summed E-state index contributed by atoms with van der Waals surface area (Å²) in [5, 5.41) is 0. The van der Waals surface area contributed by atoms with E-state index in [-0.39, 0.29) is 0 Å². The number of hydrogen-bond donors (Lipinski definition) is 0. The van der Waals surface area contributed by atoms with Gasteiger partial charge in [-0.05, 0) is 5.56 Å². The summed E-state index contributed by atoms with van der Waals surface area (Å²) in [6, 6.07) is 10.4. The standard InChI is InChI=1S/C13H21N2O3P/c1-17-19(16,18-2)15-10-8-14(9-11-15)12-13-6-4-3-5-7-13/h3-7H,8-12H2,1-2H3. The van der Waals surface area contributed by atoms with Gasteiger partial charge in [0.25, 0.3) is 0 Å². The van der Waals surface area contributed by atoms with Crippen molar-refractivity contribution in [1.82, 2.24) is 9.57 Å². The molecule has 0 aliphatic carbocycles. The zero-order valence-corrected chi connectivity index (χ0v) is 12.4. The second kappa shape index (κ2) is 6.64. The first kappa shape index (κ1) is 14.7. The molecule has 0 amide bonds. The molecule has 1 fully saturated rings. The summed E-state index contributed by atoms with van der Waals surface area (Å²) >= 11 is 0. The van der Waals surface area contributed by atoms with Crippen molar-refractivity contribution in [3.05, 3.63) is 35.9 Å². The van der Waals surface area contributed by atoms with E-state index in [1.54, 1.807) is 4.67 Å². The monoisotopic (exact) mass is 284 g/mol. The Labute approximate surface area is 114 Å². The number of hydrogen-bond acceptors (Lipinski definition) is 4. The molecule has 0 atom stereocenters. The molecule has 2 rings (SSSR count). The van der Waals surface area contributed by atoms with Crippen molar-refractivity contribution in [2.45, 2.75) is 6.54 Å². The van der Waals surface area contributed by atoms with Crippen molar-refractivity contribution in [2.75, 3.05) is 40.4 Å². The Morgan fingerprint density at radius 2 is 1.63 bits per heavy atom. The second-order valence-corrected chi connectivity index (χ2v) is 6.78. The van der Waals surface area contributed by atoms with Crippen molar-refractivity contribution >= 4 is 7.75 Å². The molecule has 5 nitrogen and oxygen atoms in total. The molecule has 1 heterocycles. The highest BCUT2D eigenvalue weighted by molar-refractivity contribution is 7.51. The Kier molecular flexibility index (Phi) is 5.13. The smallest absolute Gasteiger partial charge is 0.300 e. The molecule has 0 aromatic heterocycles. The van der Waals surface area contributed by atoms with Crippen LogP contribution >= 0.6 is 7.75 Å². The molecule has 1 aliphatic rings. The van der Waals surface area contributed by atoms with E-state index in [1.807, 2.05) is 6.07 Å². The van der Waals surface area contributed by atoms with E-state index in [4.69, 9.17) is 9.05 Å². The van der Waals surface area contributed by atoms with Gasteiger partial charge in [0, 0.05) is 46.9 Å². The highest BCUT2D eigenvalue weighted by Crippen LogP contribution is 2.50. The van der Waals surface area contributed by atoms with Gasteiger partial charge in [-0.3, -0.25) is 13.9 Å². The fourth-order valence-corrected chi connectivity index (χ4v) is 3.57. The average Bonchev–Trinajstić information content (AvgIpc) is 2.48. The van der Waals surface area contributed by atoms with Gasteiger partial charge in [0.2, 0.25) is 0 Å². The molecule has 0 N–H and O–H groups in total. The Balaban J connectivity index is 1.88. The molecule has 19 heavy (non-hydrogen) atoms. The number of piperazine rings is 1. The maximum Gasteiger partial charge on any atom is 0.407 e. The van der Waals surface area contributed by atoms with Gasteiger partial charge in [0.05, 0.1) is 0 Å². The number of benzene rings is 1. The summed E-state index contributed by atoms with van der Waals surface area (Å²) in [5.41, 5.74) is 1.30. The predicted octanol–water partition coefficient (Wildman–Crippen LogP) is 2.21. The molecule has 0 spiro atoms. The van der Waals surface area contributed by atoms with Crippen molar-refractivity contribution in [3.63, 3.8) is 0 Å². The zero-order chi connectivity index (χ0) is 13.7. The van der Waals surface area contributed by atoms with Gasteiger partial charge >= 0.3 is 7.75 Å². The predicted molar refractivity (Wildman–Crippen MR) is 74.9 cm³/mol. The molecule has 1 aromatic rings. The second-order valence-electron chi connectivity index (χ2n) is 4.55. The molecule has 6 heteroatoms. The maximum absolute atomic E-state index is 12.2. The number of rotatable bonds is 5. The fourth-order valence-electron chi connectivity index (χ4n) is 2.29. The SMILES string of the molecule is COP(=O)(OC)N1CCN(Cc2ccccc2)CC1. The lowest BCUT2D eigenvalue weighted by Crippen LogP contribution is -2.44. The van der Waals surface area contributed by atoms with Crippen LogP contribution in [-0.2, 0) is 20.2 Å². The molecule has 0 radical (unpaired) electrons. The highest BCUT2D eigenvalue weighted by Gasteiger charge is 2.33. The molecule has 1 aliphatic heterocycles. The third-order valence-electron chi connectivity index (χ3n) is 3.41. The van der Waals surface area contributed by atoms with Crippen LogP contribution in [0.3, 0.4) is 0 Å². The average molecular weight is 284 g/mol. The third-order valence-corrected chi connectivity index (χ3v) is 5.42. The van der Waals surface area contributed by atoms with Gasteiger partial charge < -0.3 is 0 Å². The first-order valence-corrected chi connectivity index (χ1v) is 7.91. The lowest BCUT2D eigenvalue weighted by molar-refractivity contribution is 0.138. The minimum atomic E-state index is -3.06. The largest absolute Gasteiger partial charge is 0.407 e. The van der Waals surface area contributed by atoms with Crippen LogP contribution in [0.15, 0.2) is 30.3 Å². The van der Waals surface area contributed by atoms with Crippen molar-refractivity contribution in [1.29, 1.82) is 0 Å². The van der Waals surface area contributed by atoms with Gasteiger partial charge in [-0.2, -0.15) is 0 Å². The lowest BCUT2D eigenvalue weighted by Gasteiger charge is -2.36. The molecule has 1 saturated heterocycles. The molecular formula is C13H21N2O3P. The zero-order valence-electron chi connectivity index (χ0n) is 11.5. The van der Waals surface area contributed by atoms with E-state index in [9.17, 15) is 4.57 Å². The van der Waals surface area contributed by atoms with E-state index < -0.39 is 7.75 Å². The molecule has 0 bridgehead atoms. The summed E-state index contributed by atoms with van der Waals surface area (Å²) in [6.07, 6.45) is 0. The summed E-state index contributed by atoms with van der Waals surface area (Å²) < 4.78 is 24.1. The first-order valence-electron chi connectivity index (χ1n) is 6.41. The normalized spacial score (nSPS) is 18.6. The third kappa shape index (κ3) is 3.65. The Morgan fingerprint density at radius 3 is 2.16 bits per heavy atom. The van der Waals surface area contributed by atoms with Crippen LogP contribution in [0.2, 0.25) is 0 Å². The van der Waals surface area contributed by atoms with Gasteiger partial charge in [-0.1, -0.05) is 30.3 Å². The van der Waals surface area contributed by atoms with Crippen LogP contribution in [0.4, 0.5) is 0 Å². The lowest BCUT2D eigenvalue weighted by atomic mass is 10.2. The minimum Gasteiger partial charge on any atom is -0.300 e. The van der Waals surface area contributed by atoms with Crippen LogP contribution in [0.25, 0.3) is 0 Å². The summed E-state index contributed by atoms with van der Waals surface area (Å²) in [6.45, 7) is 4.06. The van der Waals surface area contributed by atoms with Gasteiger partial charge in [-0.15, -0.1) is 0 Å². The maximum atomic E-state index is 12.2. The van der Waals surface area contributed by atoms with Crippen LogP contribution in [0.5, 0.6) is 0 Å². The molecule has 106 valence electrons. The minimum absolute atomic E-state index is 0.700. The summed E-state index contributed by atoms with van der Waals surface area (Å²) in [5.74, 6) is 0. The molecule has 0 unspecified atom stereocenters. The van der Waals surface area contributed by atoms with Gasteiger partial charge in [0.15, 0.2) is 0 Å². The van der Waals surface area contributed by atoms with E-state index in [0.717, 1.165) is 19.6 Å². The Morgan fingerprint density at radius 1 is 1.05 bits per heavy atom. The van der Waals surface area contributed by atoms with Crippen LogP contribution < -0.4 is 0 Å². The quantitative estimate of drug-likeness (QED) is 0.775. The van der Waals surface area contributed by atoms with Crippen LogP contribution in [-0.4, -0.2) is 50.0 Å². The van der Waals surface area contributed by atoms with Gasteiger partial charge in [0.1, 0.15) is 0 Å².